The summed E-state index contributed by atoms with van der Waals surface area (Å²) in [5, 5.41) is 5.77. The summed E-state index contributed by atoms with van der Waals surface area (Å²) in [6.07, 6.45) is 4.10. The molecule has 0 spiro atoms. The number of thiophene rings is 1. The Balaban J connectivity index is 1.46. The van der Waals surface area contributed by atoms with Crippen LogP contribution in [0.1, 0.15) is 33.3 Å². The van der Waals surface area contributed by atoms with Crippen LogP contribution in [0.4, 0.5) is 5.69 Å². The largest absolute Gasteiger partial charge is 0.485 e. The van der Waals surface area contributed by atoms with E-state index in [4.69, 9.17) is 16.3 Å². The normalized spacial score (nSPS) is 14.8. The third-order valence-corrected chi connectivity index (χ3v) is 6.81. The van der Waals surface area contributed by atoms with Gasteiger partial charge in [0.15, 0.2) is 0 Å². The fraction of sp³-hybridized carbons (Fsp3) is 0.333. The van der Waals surface area contributed by atoms with E-state index < -0.39 is 0 Å². The van der Waals surface area contributed by atoms with Gasteiger partial charge in [0.2, 0.25) is 0 Å². The number of benzene rings is 1. The number of rotatable bonds is 8. The Labute approximate surface area is 197 Å². The molecule has 0 saturated heterocycles. The van der Waals surface area contributed by atoms with Crippen LogP contribution in [-0.4, -0.2) is 49.5 Å². The van der Waals surface area contributed by atoms with Crippen LogP contribution >= 0.6 is 22.9 Å². The number of carbonyl (C=O) groups excluding carboxylic acids is 1. The molecule has 1 N–H and O–H groups in total. The fourth-order valence-corrected chi connectivity index (χ4v) is 4.94. The van der Waals surface area contributed by atoms with Gasteiger partial charge in [-0.15, -0.1) is 11.3 Å². The highest BCUT2D eigenvalue weighted by atomic mass is 35.5. The molecular formula is C24H27ClN4O2S. The van der Waals surface area contributed by atoms with E-state index in [-0.39, 0.29) is 12.0 Å². The smallest absolute Gasteiger partial charge is 0.257 e. The number of nitrogens with zero attached hydrogens (tertiary/aromatic N) is 3. The van der Waals surface area contributed by atoms with Crippen molar-refractivity contribution in [3.63, 3.8) is 0 Å². The molecule has 8 heteroatoms. The van der Waals surface area contributed by atoms with Gasteiger partial charge in [0.25, 0.3) is 5.91 Å². The second kappa shape index (κ2) is 10.3. The standard InChI is InChI=1S/C24H27ClN4O2S/c1-26-10-9-21(22-4-3-13-32-22)31-18-7-5-17(6-8-18)16-29-12-11-28(2)23-19(24(29)30)14-27-15-20(23)25/h3-8,13-15,21,26H,9-12,16H2,1-2H3/t21-/m0/s1. The van der Waals surface area contributed by atoms with Crippen molar-refractivity contribution in [2.45, 2.75) is 19.1 Å². The van der Waals surface area contributed by atoms with Crippen LogP contribution in [0, 0.1) is 0 Å². The molecule has 3 aromatic rings. The van der Waals surface area contributed by atoms with E-state index in [9.17, 15) is 4.79 Å². The summed E-state index contributed by atoms with van der Waals surface area (Å²) < 4.78 is 6.28. The number of amides is 1. The average molecular weight is 471 g/mol. The Kier molecular flexibility index (Phi) is 7.29. The first-order chi connectivity index (χ1) is 15.6. The zero-order valence-corrected chi connectivity index (χ0v) is 19.8. The van der Waals surface area contributed by atoms with Crippen molar-refractivity contribution in [2.75, 3.05) is 38.6 Å². The highest BCUT2D eigenvalue weighted by Crippen LogP contribution is 2.32. The number of ether oxygens (including phenoxy) is 1. The molecular weight excluding hydrogens is 444 g/mol. The summed E-state index contributed by atoms with van der Waals surface area (Å²) >= 11 is 8.03. The average Bonchev–Trinajstić information content (AvgIpc) is 3.30. The quantitative estimate of drug-likeness (QED) is 0.520. The van der Waals surface area contributed by atoms with Crippen LogP contribution in [0.25, 0.3) is 0 Å². The number of aromatic nitrogens is 1. The zero-order chi connectivity index (χ0) is 22.5. The van der Waals surface area contributed by atoms with Gasteiger partial charge in [0.1, 0.15) is 11.9 Å². The first-order valence-corrected chi connectivity index (χ1v) is 11.9. The van der Waals surface area contributed by atoms with E-state index in [2.05, 4.69) is 27.8 Å². The van der Waals surface area contributed by atoms with Gasteiger partial charge in [-0.3, -0.25) is 9.78 Å². The van der Waals surface area contributed by atoms with Crippen LogP contribution in [0.2, 0.25) is 5.02 Å². The van der Waals surface area contributed by atoms with E-state index in [1.807, 2.05) is 48.2 Å². The van der Waals surface area contributed by atoms with Crippen molar-refractivity contribution in [1.29, 1.82) is 0 Å². The molecule has 4 rings (SSSR count). The number of carbonyl (C=O) groups is 1. The summed E-state index contributed by atoms with van der Waals surface area (Å²) in [5.41, 5.74) is 2.34. The SMILES string of the molecule is CNCC[C@H](Oc1ccc(CN2CCN(C)c3c(Cl)cncc3C2=O)cc1)c1cccs1. The van der Waals surface area contributed by atoms with E-state index in [0.717, 1.165) is 30.0 Å². The number of hydrogen-bond donors (Lipinski definition) is 1. The van der Waals surface area contributed by atoms with Crippen LogP contribution < -0.4 is 15.0 Å². The van der Waals surface area contributed by atoms with E-state index in [0.29, 0.717) is 30.2 Å². The maximum Gasteiger partial charge on any atom is 0.257 e. The predicted octanol–water partition coefficient (Wildman–Crippen LogP) is 4.62. The Hall–Kier alpha value is -2.61. The van der Waals surface area contributed by atoms with E-state index >= 15 is 0 Å². The Morgan fingerprint density at radius 1 is 1.22 bits per heavy atom. The minimum absolute atomic E-state index is 0.0183. The number of fused-ring (bicyclic) bond motifs is 1. The molecule has 1 amide bonds. The molecule has 6 nitrogen and oxygen atoms in total. The molecule has 0 fully saturated rings. The third-order valence-electron chi connectivity index (χ3n) is 5.57. The van der Waals surface area contributed by atoms with Crippen molar-refractivity contribution in [3.05, 3.63) is 75.2 Å². The molecule has 0 radical (unpaired) electrons. The maximum atomic E-state index is 13.2. The van der Waals surface area contributed by atoms with Crippen molar-refractivity contribution < 1.29 is 9.53 Å². The molecule has 0 saturated carbocycles. The van der Waals surface area contributed by atoms with E-state index in [1.165, 1.54) is 4.88 Å². The molecule has 168 valence electrons. The zero-order valence-electron chi connectivity index (χ0n) is 18.3. The molecule has 1 aliphatic heterocycles. The number of halogens is 1. The maximum absolute atomic E-state index is 13.2. The summed E-state index contributed by atoms with van der Waals surface area (Å²) in [5.74, 6) is 0.774. The number of anilines is 1. The van der Waals surface area contributed by atoms with Gasteiger partial charge in [-0.05, 0) is 42.7 Å². The van der Waals surface area contributed by atoms with Gasteiger partial charge in [0, 0.05) is 50.4 Å². The van der Waals surface area contributed by atoms with Gasteiger partial charge in [-0.1, -0.05) is 29.8 Å². The molecule has 0 bridgehead atoms. The van der Waals surface area contributed by atoms with Gasteiger partial charge >= 0.3 is 0 Å². The molecule has 0 aliphatic carbocycles. The summed E-state index contributed by atoms with van der Waals surface area (Å²) in [4.78, 5) is 22.4. The Morgan fingerprint density at radius 2 is 2.03 bits per heavy atom. The van der Waals surface area contributed by atoms with Crippen LogP contribution in [0.3, 0.4) is 0 Å². The molecule has 1 aromatic carbocycles. The molecule has 1 aliphatic rings. The highest BCUT2D eigenvalue weighted by molar-refractivity contribution is 7.10. The van der Waals surface area contributed by atoms with Crippen LogP contribution in [-0.2, 0) is 6.54 Å². The number of likely N-dealkylation sites (N-methyl/N-ethyl adjacent to an activating group) is 1. The first kappa shape index (κ1) is 22.6. The lowest BCUT2D eigenvalue weighted by molar-refractivity contribution is 0.0754. The summed E-state index contributed by atoms with van der Waals surface area (Å²) in [7, 11) is 3.90. The summed E-state index contributed by atoms with van der Waals surface area (Å²) in [6.45, 7) is 2.72. The summed E-state index contributed by atoms with van der Waals surface area (Å²) in [6, 6.07) is 12.2. The van der Waals surface area contributed by atoms with Crippen LogP contribution in [0.5, 0.6) is 5.75 Å². The van der Waals surface area contributed by atoms with Gasteiger partial charge in [0.05, 0.1) is 16.3 Å². The van der Waals surface area contributed by atoms with Gasteiger partial charge in [-0.25, -0.2) is 0 Å². The first-order valence-electron chi connectivity index (χ1n) is 10.6. The molecule has 3 heterocycles. The fourth-order valence-electron chi connectivity index (χ4n) is 3.85. The van der Waals surface area contributed by atoms with Crippen LogP contribution in [0.15, 0.2) is 54.2 Å². The minimum atomic E-state index is -0.0514. The third kappa shape index (κ3) is 5.06. The second-order valence-corrected chi connectivity index (χ2v) is 9.21. The molecule has 2 aromatic heterocycles. The van der Waals surface area contributed by atoms with Crippen molar-refractivity contribution >= 4 is 34.5 Å². The lowest BCUT2D eigenvalue weighted by Gasteiger charge is -2.22. The molecule has 32 heavy (non-hydrogen) atoms. The monoisotopic (exact) mass is 470 g/mol. The molecule has 0 unspecified atom stereocenters. The van der Waals surface area contributed by atoms with Crippen molar-refractivity contribution in [3.8, 4) is 5.75 Å². The molecule has 1 atom stereocenters. The number of hydrogen-bond acceptors (Lipinski definition) is 6. The number of nitrogens with one attached hydrogen (secondary N) is 1. The van der Waals surface area contributed by atoms with Gasteiger partial charge in [-0.2, -0.15) is 0 Å². The predicted molar refractivity (Wildman–Crippen MR) is 130 cm³/mol. The van der Waals surface area contributed by atoms with E-state index in [1.54, 1.807) is 23.7 Å². The van der Waals surface area contributed by atoms with Crippen molar-refractivity contribution in [1.82, 2.24) is 15.2 Å². The topological polar surface area (TPSA) is 57.7 Å². The lowest BCUT2D eigenvalue weighted by atomic mass is 10.1. The number of pyridine rings is 1. The second-order valence-electron chi connectivity index (χ2n) is 7.82. The lowest BCUT2D eigenvalue weighted by Crippen LogP contribution is -2.33. The Morgan fingerprint density at radius 3 is 2.75 bits per heavy atom. The Bertz CT molecular complexity index is 1040. The van der Waals surface area contributed by atoms with Crippen molar-refractivity contribution in [2.24, 2.45) is 0 Å². The minimum Gasteiger partial charge on any atom is -0.485 e. The highest BCUT2D eigenvalue weighted by Gasteiger charge is 2.27. The van der Waals surface area contributed by atoms with Gasteiger partial charge < -0.3 is 19.9 Å².